The number of carbonyl (C=O) groups is 1. The third-order valence-corrected chi connectivity index (χ3v) is 13.0. The zero-order valence-corrected chi connectivity index (χ0v) is 26.6. The van der Waals surface area contributed by atoms with Crippen molar-refractivity contribution in [3.63, 3.8) is 0 Å². The summed E-state index contributed by atoms with van der Waals surface area (Å²) in [6, 6.07) is 0. The minimum Gasteiger partial charge on any atom is -0.461 e. The fraction of sp³-hybridized carbons (Fsp3) is 0.906. The summed E-state index contributed by atoms with van der Waals surface area (Å²) >= 11 is 1.64. The van der Waals surface area contributed by atoms with Crippen molar-refractivity contribution in [2.24, 2.45) is 39.4 Å². The van der Waals surface area contributed by atoms with Gasteiger partial charge in [0, 0.05) is 29.0 Å². The molecule has 3 rings (SSSR count). The number of thioether (sulfide) groups is 1. The summed E-state index contributed by atoms with van der Waals surface area (Å²) in [5.74, 6) is 1.19. The summed E-state index contributed by atoms with van der Waals surface area (Å²) in [5, 5.41) is 24.3. The lowest BCUT2D eigenvalue weighted by molar-refractivity contribution is -0.268. The van der Waals surface area contributed by atoms with Crippen LogP contribution in [0.4, 0.5) is 0 Å². The van der Waals surface area contributed by atoms with Crippen LogP contribution in [0.3, 0.4) is 0 Å². The van der Waals surface area contributed by atoms with Crippen molar-refractivity contribution in [3.05, 3.63) is 12.7 Å². The Labute approximate surface area is 237 Å². The lowest BCUT2D eigenvalue weighted by Gasteiger charge is -2.69. The van der Waals surface area contributed by atoms with E-state index in [1.807, 2.05) is 6.08 Å². The molecular weight excluding hydrogens is 494 g/mol. The van der Waals surface area contributed by atoms with Crippen molar-refractivity contribution >= 4 is 17.7 Å². The van der Waals surface area contributed by atoms with E-state index in [4.69, 9.17) is 4.74 Å². The van der Waals surface area contributed by atoms with Gasteiger partial charge in [0.05, 0.1) is 17.5 Å². The van der Waals surface area contributed by atoms with E-state index in [-0.39, 0.29) is 34.6 Å². The quantitative estimate of drug-likeness (QED) is 0.192. The molecule has 2 bridgehead atoms. The molecule has 3 fully saturated rings. The Morgan fingerprint density at radius 2 is 1.74 bits per heavy atom. The molecule has 38 heavy (non-hydrogen) atoms. The Morgan fingerprint density at radius 1 is 1.11 bits per heavy atom. The van der Waals surface area contributed by atoms with Gasteiger partial charge in [-0.3, -0.25) is 4.79 Å². The molecule has 3 aliphatic rings. The lowest BCUT2D eigenvalue weighted by atomic mass is 9.36. The molecule has 0 aromatic carbocycles. The first-order valence-corrected chi connectivity index (χ1v) is 16.3. The number of ether oxygens (including phenoxy) is 1. The summed E-state index contributed by atoms with van der Waals surface area (Å²) in [6.07, 6.45) is 4.62. The summed E-state index contributed by atoms with van der Waals surface area (Å²) in [4.78, 5) is 15.8. The minimum absolute atomic E-state index is 0.0230. The molecule has 0 heterocycles. The standard InChI is InChI=1S/C32H57NO4S/c1-11-29(9)20-24(37-25(34)21-38-18-17-33(13-3)14-4)30(10)22(5)19-28(7,8)32(23(6)26(29)35)16-15-31(36,12-2)27(30)32/h11,22-24,26-27,35-36H,1,12-21H2,2-10H3/t22-,23+,24-,26+,27?,29-,30+,31?,32-/m1/s1. The summed E-state index contributed by atoms with van der Waals surface area (Å²) in [5.41, 5.74) is -2.21. The van der Waals surface area contributed by atoms with Crippen molar-refractivity contribution in [2.75, 3.05) is 31.1 Å². The van der Waals surface area contributed by atoms with Crippen LogP contribution in [0.25, 0.3) is 0 Å². The van der Waals surface area contributed by atoms with Gasteiger partial charge < -0.3 is 19.8 Å². The van der Waals surface area contributed by atoms with Crippen LogP contribution in [0.2, 0.25) is 0 Å². The second-order valence-corrected chi connectivity index (χ2v) is 15.1. The highest BCUT2D eigenvalue weighted by Gasteiger charge is 2.75. The maximum absolute atomic E-state index is 13.4. The highest BCUT2D eigenvalue weighted by molar-refractivity contribution is 7.99. The first-order chi connectivity index (χ1) is 17.6. The average Bonchev–Trinajstić information content (AvgIpc) is 3.21. The van der Waals surface area contributed by atoms with Gasteiger partial charge >= 0.3 is 5.97 Å². The second kappa shape index (κ2) is 11.4. The van der Waals surface area contributed by atoms with E-state index in [0.717, 1.165) is 44.6 Å². The molecule has 0 spiro atoms. The second-order valence-electron chi connectivity index (χ2n) is 14.0. The third-order valence-electron chi connectivity index (χ3n) is 12.1. The maximum atomic E-state index is 13.4. The zero-order chi connectivity index (χ0) is 28.7. The van der Waals surface area contributed by atoms with E-state index in [9.17, 15) is 15.0 Å². The van der Waals surface area contributed by atoms with E-state index in [1.165, 1.54) is 0 Å². The van der Waals surface area contributed by atoms with Gasteiger partial charge in [-0.15, -0.1) is 18.3 Å². The van der Waals surface area contributed by atoms with Crippen LogP contribution in [0.5, 0.6) is 0 Å². The molecule has 0 aliphatic heterocycles. The number of carbonyl (C=O) groups excluding carboxylic acids is 1. The topological polar surface area (TPSA) is 70.0 Å². The number of nitrogens with zero attached hydrogens (tertiary/aromatic N) is 1. The van der Waals surface area contributed by atoms with E-state index in [2.05, 4.69) is 73.8 Å². The van der Waals surface area contributed by atoms with Gasteiger partial charge in [-0.1, -0.05) is 68.4 Å². The van der Waals surface area contributed by atoms with Gasteiger partial charge in [-0.2, -0.15) is 0 Å². The van der Waals surface area contributed by atoms with Crippen LogP contribution in [-0.2, 0) is 9.53 Å². The van der Waals surface area contributed by atoms with Crippen LogP contribution < -0.4 is 0 Å². The number of rotatable bonds is 10. The molecule has 3 saturated carbocycles. The average molecular weight is 552 g/mol. The highest BCUT2D eigenvalue weighted by Crippen LogP contribution is 2.76. The Hall–Kier alpha value is -0.560. The Bertz CT molecular complexity index is 860. The van der Waals surface area contributed by atoms with Crippen molar-refractivity contribution in [1.82, 2.24) is 4.90 Å². The Morgan fingerprint density at radius 3 is 2.29 bits per heavy atom. The molecule has 2 N–H and O–H groups in total. The van der Waals surface area contributed by atoms with E-state index < -0.39 is 28.6 Å². The van der Waals surface area contributed by atoms with Crippen LogP contribution in [0.15, 0.2) is 12.7 Å². The van der Waals surface area contributed by atoms with E-state index >= 15 is 0 Å². The molecule has 0 radical (unpaired) electrons. The molecule has 0 saturated heterocycles. The Balaban J connectivity index is 2.04. The van der Waals surface area contributed by atoms with Crippen LogP contribution in [-0.4, -0.2) is 70.0 Å². The Kier molecular flexibility index (Phi) is 9.56. The molecule has 5 nitrogen and oxygen atoms in total. The van der Waals surface area contributed by atoms with Crippen molar-refractivity contribution in [3.8, 4) is 0 Å². The van der Waals surface area contributed by atoms with Crippen molar-refractivity contribution in [1.29, 1.82) is 0 Å². The molecule has 220 valence electrons. The first-order valence-electron chi connectivity index (χ1n) is 15.2. The SMILES string of the molecule is C=C[C@]1(C)C[C@@H](OC(=O)CSCCN(CC)CC)[C@@]2(C)C3C(O)(CC)CC[C@]3([C@@H](C)[C@@H]1O)C(C)(C)C[C@H]2C. The van der Waals surface area contributed by atoms with Gasteiger partial charge in [0.1, 0.15) is 6.10 Å². The van der Waals surface area contributed by atoms with E-state index in [0.29, 0.717) is 18.6 Å². The van der Waals surface area contributed by atoms with Crippen LogP contribution >= 0.6 is 11.8 Å². The molecule has 3 aliphatic carbocycles. The number of hydrogen-bond donors (Lipinski definition) is 2. The summed E-state index contributed by atoms with van der Waals surface area (Å²) in [6.45, 7) is 27.1. The first kappa shape index (κ1) is 32.0. The number of aliphatic hydroxyl groups is 2. The lowest BCUT2D eigenvalue weighted by Crippen LogP contribution is -2.70. The highest BCUT2D eigenvalue weighted by atomic mass is 32.2. The summed E-state index contributed by atoms with van der Waals surface area (Å²) in [7, 11) is 0. The van der Waals surface area contributed by atoms with Gasteiger partial charge in [-0.25, -0.2) is 0 Å². The maximum Gasteiger partial charge on any atom is 0.316 e. The molecule has 6 heteroatoms. The molecule has 0 amide bonds. The normalized spacial score (nSPS) is 44.3. The number of esters is 1. The molecular formula is C32H57NO4S. The van der Waals surface area contributed by atoms with Gasteiger partial charge in [-0.05, 0) is 67.9 Å². The number of aliphatic hydroxyl groups excluding tert-OH is 1. The van der Waals surface area contributed by atoms with Crippen molar-refractivity contribution in [2.45, 2.75) is 112 Å². The summed E-state index contributed by atoms with van der Waals surface area (Å²) < 4.78 is 6.49. The molecule has 0 aromatic heterocycles. The van der Waals surface area contributed by atoms with Crippen molar-refractivity contribution < 1.29 is 19.7 Å². The molecule has 2 unspecified atom stereocenters. The van der Waals surface area contributed by atoms with Crippen LogP contribution in [0.1, 0.15) is 94.4 Å². The molecule has 9 atom stereocenters. The number of hydrogen-bond acceptors (Lipinski definition) is 6. The van der Waals surface area contributed by atoms with Gasteiger partial charge in [0.25, 0.3) is 0 Å². The smallest absolute Gasteiger partial charge is 0.316 e. The zero-order valence-electron chi connectivity index (χ0n) is 25.8. The van der Waals surface area contributed by atoms with Gasteiger partial charge in [0.2, 0.25) is 0 Å². The fourth-order valence-electron chi connectivity index (χ4n) is 9.55. The van der Waals surface area contributed by atoms with Gasteiger partial charge in [0.15, 0.2) is 0 Å². The van der Waals surface area contributed by atoms with Crippen LogP contribution in [0, 0.1) is 39.4 Å². The minimum atomic E-state index is -0.847. The van der Waals surface area contributed by atoms with E-state index in [1.54, 1.807) is 11.8 Å². The third kappa shape index (κ3) is 4.92. The predicted molar refractivity (Wildman–Crippen MR) is 159 cm³/mol. The fourth-order valence-corrected chi connectivity index (χ4v) is 10.3. The largest absolute Gasteiger partial charge is 0.461 e. The monoisotopic (exact) mass is 551 g/mol. The molecule has 0 aromatic rings. The predicted octanol–water partition coefficient (Wildman–Crippen LogP) is 6.18.